The largest absolute Gasteiger partial charge is 0.416 e. The lowest BCUT2D eigenvalue weighted by Gasteiger charge is -2.21. The second-order valence-electron chi connectivity index (χ2n) is 20.8. The van der Waals surface area contributed by atoms with Gasteiger partial charge >= 0.3 is 30.9 Å². The first kappa shape index (κ1) is 56.9. The number of benzene rings is 10. The molecule has 3 heterocycles. The Bertz CT molecular complexity index is 4780. The van der Waals surface area contributed by atoms with E-state index in [0.717, 1.165) is 12.1 Å². The zero-order valence-electron chi connectivity index (χ0n) is 44.7. The number of hydrogen-bond acceptors (Lipinski definition) is 3. The van der Waals surface area contributed by atoms with Crippen LogP contribution in [0.15, 0.2) is 218 Å². The fraction of sp³-hybridized carbons (Fsp3) is 0.0735. The zero-order valence-corrected chi connectivity index (χ0v) is 44.7. The molecule has 0 aliphatic carbocycles. The highest BCUT2D eigenvalue weighted by Gasteiger charge is 2.39. The van der Waals surface area contributed by atoms with Gasteiger partial charge in [0.05, 0.1) is 61.3 Å². The Kier molecular flexibility index (Phi) is 13.4. The fourth-order valence-corrected chi connectivity index (χ4v) is 11.2. The molecule has 438 valence electrons. The van der Waals surface area contributed by atoms with Crippen LogP contribution < -0.4 is 0 Å². The van der Waals surface area contributed by atoms with E-state index in [-0.39, 0.29) is 79.7 Å². The van der Waals surface area contributed by atoms with Crippen molar-refractivity contribution in [3.8, 4) is 78.9 Å². The minimum atomic E-state index is -5.17. The van der Waals surface area contributed by atoms with Crippen LogP contribution in [0.25, 0.3) is 123 Å². The summed E-state index contributed by atoms with van der Waals surface area (Å²) in [4.78, 5) is 14.7. The minimum Gasteiger partial charge on any atom is -0.309 e. The molecule has 0 aliphatic rings. The molecule has 20 heteroatoms. The molecule has 0 unspecified atom stereocenters. The molecule has 0 bridgehead atoms. The Hall–Kier alpha value is -10.2. The summed E-state index contributed by atoms with van der Waals surface area (Å²) in [5, 5.41) is 1.42. The van der Waals surface area contributed by atoms with Gasteiger partial charge in [-0.1, -0.05) is 127 Å². The lowest BCUT2D eigenvalue weighted by molar-refractivity contribution is -0.144. The van der Waals surface area contributed by atoms with Crippen molar-refractivity contribution in [2.45, 2.75) is 30.9 Å². The smallest absolute Gasteiger partial charge is 0.309 e. The maximum Gasteiger partial charge on any atom is 0.416 e. The van der Waals surface area contributed by atoms with E-state index in [4.69, 9.17) is 15.0 Å². The highest BCUT2D eigenvalue weighted by Crippen LogP contribution is 2.47. The van der Waals surface area contributed by atoms with Gasteiger partial charge in [-0.25, -0.2) is 15.0 Å². The fourth-order valence-electron chi connectivity index (χ4n) is 11.2. The predicted octanol–water partition coefficient (Wildman–Crippen LogP) is 21.2. The van der Waals surface area contributed by atoms with E-state index in [9.17, 15) is 52.7 Å². The summed E-state index contributed by atoms with van der Waals surface area (Å²) >= 11 is 0. The molecule has 0 atom stereocenters. The van der Waals surface area contributed by atoms with Crippen LogP contribution in [0, 0.1) is 0 Å². The topological polar surface area (TPSA) is 48.5 Å². The quantitative estimate of drug-likeness (QED) is 0.142. The second kappa shape index (κ2) is 20.7. The van der Waals surface area contributed by atoms with Gasteiger partial charge in [-0.05, 0) is 113 Å². The maximum absolute atomic E-state index is 15.3. The number of fused-ring (bicyclic) bond motifs is 6. The van der Waals surface area contributed by atoms with Gasteiger partial charge in [0.1, 0.15) is 0 Å². The highest BCUT2D eigenvalue weighted by molar-refractivity contribution is 6.13. The molecule has 0 amide bonds. The number of alkyl halides is 15. The summed E-state index contributed by atoms with van der Waals surface area (Å²) in [5.41, 5.74) is -4.78. The predicted molar refractivity (Wildman–Crippen MR) is 306 cm³/mol. The summed E-state index contributed by atoms with van der Waals surface area (Å²) < 4.78 is 220. The Morgan fingerprint density at radius 3 is 0.955 bits per heavy atom. The molecule has 0 saturated carbocycles. The number of para-hydroxylation sites is 2. The summed E-state index contributed by atoms with van der Waals surface area (Å²) in [6, 6.07) is 50.0. The molecule has 5 nitrogen and oxygen atoms in total. The number of rotatable bonds is 8. The average molecular weight is 1210 g/mol. The van der Waals surface area contributed by atoms with Crippen LogP contribution in [0.1, 0.15) is 27.8 Å². The van der Waals surface area contributed by atoms with Crippen molar-refractivity contribution >= 4 is 43.6 Å². The number of nitrogens with zero attached hydrogens (tertiary/aromatic N) is 5. The molecule has 0 aliphatic heterocycles. The van der Waals surface area contributed by atoms with Crippen LogP contribution in [-0.2, 0) is 30.9 Å². The Balaban J connectivity index is 1.10. The molecule has 88 heavy (non-hydrogen) atoms. The summed E-state index contributed by atoms with van der Waals surface area (Å²) in [6.45, 7) is 0. The molecule has 0 N–H and O–H groups in total. The van der Waals surface area contributed by atoms with Crippen LogP contribution in [0.5, 0.6) is 0 Å². The second-order valence-corrected chi connectivity index (χ2v) is 20.8. The van der Waals surface area contributed by atoms with Crippen LogP contribution >= 0.6 is 0 Å². The minimum absolute atomic E-state index is 0.00520. The van der Waals surface area contributed by atoms with Gasteiger partial charge in [0, 0.05) is 49.4 Å². The first-order valence-electron chi connectivity index (χ1n) is 26.7. The van der Waals surface area contributed by atoms with Crippen molar-refractivity contribution in [2.75, 3.05) is 0 Å². The standard InChI is InChI=1S/C68H36F15N5/c69-64(70,71)44-22-24-52(60(36-44)88-56-18-10-8-16-50(56)54-32-40(21-26-58(54)88)43-29-47(67(78,79)80)35-48(30-43)68(81,82)83)51-23-19-41(63-85-61(37-11-3-1-4-12-37)84-62(86-63)38-13-5-2-6-14-38)33-59(51)87-55-17-9-7-15-49(55)53-31-39(20-25-57(53)87)42-27-45(65(72,73)74)34-46(28-42)66(75,76)77/h1-36H. The third-order valence-corrected chi connectivity index (χ3v) is 15.2. The molecule has 10 aromatic carbocycles. The Morgan fingerprint density at radius 1 is 0.227 bits per heavy atom. The Morgan fingerprint density at radius 2 is 0.557 bits per heavy atom. The van der Waals surface area contributed by atoms with Crippen molar-refractivity contribution in [3.63, 3.8) is 0 Å². The van der Waals surface area contributed by atoms with E-state index < -0.39 is 69.8 Å². The molecule has 0 radical (unpaired) electrons. The summed E-state index contributed by atoms with van der Waals surface area (Å²) in [6.07, 6.45) is -25.6. The average Bonchev–Trinajstić information content (AvgIpc) is 1.77. The van der Waals surface area contributed by atoms with Gasteiger partial charge in [-0.2, -0.15) is 65.9 Å². The van der Waals surface area contributed by atoms with Gasteiger partial charge in [0.2, 0.25) is 0 Å². The number of hydrogen-bond donors (Lipinski definition) is 0. The van der Waals surface area contributed by atoms with Crippen molar-refractivity contribution in [3.05, 3.63) is 246 Å². The first-order valence-corrected chi connectivity index (χ1v) is 26.7. The summed E-state index contributed by atoms with van der Waals surface area (Å²) in [7, 11) is 0. The van der Waals surface area contributed by atoms with Crippen LogP contribution in [-0.4, -0.2) is 24.1 Å². The molecule has 0 saturated heterocycles. The Labute approximate surface area is 487 Å². The van der Waals surface area contributed by atoms with Crippen LogP contribution in [0.4, 0.5) is 65.9 Å². The van der Waals surface area contributed by atoms with Gasteiger partial charge in [-0.3, -0.25) is 0 Å². The molecular weight excluding hydrogens is 1170 g/mol. The van der Waals surface area contributed by atoms with Crippen LogP contribution in [0.2, 0.25) is 0 Å². The van der Waals surface area contributed by atoms with E-state index in [1.165, 1.54) is 47.0 Å². The van der Waals surface area contributed by atoms with E-state index in [0.29, 0.717) is 68.1 Å². The summed E-state index contributed by atoms with van der Waals surface area (Å²) in [5.74, 6) is 0.690. The van der Waals surface area contributed by atoms with Gasteiger partial charge in [0.15, 0.2) is 17.5 Å². The van der Waals surface area contributed by atoms with E-state index in [1.54, 1.807) is 120 Å². The van der Waals surface area contributed by atoms with Crippen molar-refractivity contribution in [1.82, 2.24) is 24.1 Å². The monoisotopic (exact) mass is 1210 g/mol. The van der Waals surface area contributed by atoms with Gasteiger partial charge in [-0.15, -0.1) is 0 Å². The number of aromatic nitrogens is 5. The van der Waals surface area contributed by atoms with Crippen LogP contribution in [0.3, 0.4) is 0 Å². The normalized spacial score (nSPS) is 12.7. The molecular formula is C68H36F15N5. The number of halogens is 15. The third-order valence-electron chi connectivity index (χ3n) is 15.2. The zero-order chi connectivity index (χ0) is 61.8. The molecule has 0 spiro atoms. The van der Waals surface area contributed by atoms with E-state index >= 15 is 13.2 Å². The van der Waals surface area contributed by atoms with Gasteiger partial charge < -0.3 is 9.13 Å². The third kappa shape index (κ3) is 10.4. The van der Waals surface area contributed by atoms with E-state index in [2.05, 4.69) is 0 Å². The molecule has 13 rings (SSSR count). The van der Waals surface area contributed by atoms with Gasteiger partial charge in [0.25, 0.3) is 0 Å². The van der Waals surface area contributed by atoms with Crippen molar-refractivity contribution in [1.29, 1.82) is 0 Å². The van der Waals surface area contributed by atoms with Crippen molar-refractivity contribution in [2.24, 2.45) is 0 Å². The van der Waals surface area contributed by atoms with Crippen molar-refractivity contribution < 1.29 is 65.9 Å². The molecule has 0 fully saturated rings. The molecule has 3 aromatic heterocycles. The van der Waals surface area contributed by atoms with E-state index in [1.807, 2.05) is 12.1 Å². The lowest BCUT2D eigenvalue weighted by atomic mass is 9.96. The molecule has 13 aromatic rings. The first-order chi connectivity index (χ1) is 41.8. The maximum atomic E-state index is 15.3. The lowest BCUT2D eigenvalue weighted by Crippen LogP contribution is -2.11. The SMILES string of the molecule is FC(F)(F)c1cc(-c2ccc3c(c2)c2ccccc2n3-c2cc(-c3nc(-c4ccccc4)nc(-c4ccccc4)n3)ccc2-c2ccc(C(F)(F)F)cc2-n2c3ccccc3c3cc(-c4cc(C(F)(F)F)cc(C(F)(F)F)c4)ccc32)cc(C(F)(F)F)c1. The highest BCUT2D eigenvalue weighted by atomic mass is 19.4.